The van der Waals surface area contributed by atoms with Crippen molar-refractivity contribution in [3.05, 3.63) is 35.8 Å². The Hall–Kier alpha value is -2.60. The number of hydrogen-bond acceptors (Lipinski definition) is 8. The van der Waals surface area contributed by atoms with E-state index < -0.39 is 35.8 Å². The summed E-state index contributed by atoms with van der Waals surface area (Å²) in [6, 6.07) is 2.82. The predicted molar refractivity (Wildman–Crippen MR) is 88.2 cm³/mol. The van der Waals surface area contributed by atoms with E-state index >= 15 is 0 Å². The summed E-state index contributed by atoms with van der Waals surface area (Å²) < 4.78 is 49.7. The van der Waals surface area contributed by atoms with E-state index in [-0.39, 0.29) is 5.95 Å². The molecule has 2 aromatic rings. The summed E-state index contributed by atoms with van der Waals surface area (Å²) in [5, 5.41) is 1.53. The van der Waals surface area contributed by atoms with Crippen molar-refractivity contribution < 1.29 is 21.6 Å². The van der Waals surface area contributed by atoms with Crippen molar-refractivity contribution in [2.45, 2.75) is 23.8 Å². The molecule has 0 radical (unpaired) electrons. The molecular formula is C13H15N5O5S2. The number of nitrogens with zero attached hydrogens (tertiary/aromatic N) is 3. The summed E-state index contributed by atoms with van der Waals surface area (Å²) in [6.07, 6.45) is 1.95. The monoisotopic (exact) mass is 385 g/mol. The van der Waals surface area contributed by atoms with E-state index in [2.05, 4.69) is 20.3 Å². The van der Waals surface area contributed by atoms with Gasteiger partial charge >= 0.3 is 6.03 Å². The molecule has 12 heteroatoms. The smallest absolute Gasteiger partial charge is 0.275 e. The maximum atomic E-state index is 12.3. The normalized spacial score (nSPS) is 11.8. The van der Waals surface area contributed by atoms with Crippen molar-refractivity contribution in [3.63, 3.8) is 0 Å². The van der Waals surface area contributed by atoms with E-state index in [1.54, 1.807) is 24.6 Å². The van der Waals surface area contributed by atoms with E-state index in [9.17, 15) is 21.6 Å². The molecule has 0 saturated heterocycles. The zero-order valence-electron chi connectivity index (χ0n) is 13.5. The molecule has 25 heavy (non-hydrogen) atoms. The van der Waals surface area contributed by atoms with Crippen molar-refractivity contribution in [2.24, 2.45) is 0 Å². The predicted octanol–water partition coefficient (Wildman–Crippen LogP) is 0.402. The van der Waals surface area contributed by atoms with Crippen molar-refractivity contribution in [1.82, 2.24) is 19.7 Å². The third kappa shape index (κ3) is 4.70. The standard InChI is InChI=1S/C13H15N5O5S2/c1-8-7-9(2)16-12(15-8)17-13(19)18-25(22,23)10-5-4-6-14-11(10)24(3,20)21/h4-7H,1-3H3,(H2,15,16,17,18,19). The molecule has 0 bridgehead atoms. The number of hydrogen-bond donors (Lipinski definition) is 2. The lowest BCUT2D eigenvalue weighted by atomic mass is 10.4. The first kappa shape index (κ1) is 18.7. The molecule has 2 amide bonds. The fourth-order valence-electron chi connectivity index (χ4n) is 1.94. The Morgan fingerprint density at radius 1 is 1.08 bits per heavy atom. The highest BCUT2D eigenvalue weighted by molar-refractivity contribution is 7.93. The molecule has 0 aromatic carbocycles. The molecule has 0 atom stereocenters. The van der Waals surface area contributed by atoms with Crippen LogP contribution in [0.5, 0.6) is 0 Å². The van der Waals surface area contributed by atoms with Crippen LogP contribution in [-0.4, -0.2) is 44.1 Å². The minimum atomic E-state index is -4.47. The number of sulfone groups is 1. The van der Waals surface area contributed by atoms with Crippen LogP contribution >= 0.6 is 0 Å². The molecule has 10 nitrogen and oxygen atoms in total. The van der Waals surface area contributed by atoms with Crippen LogP contribution in [0.1, 0.15) is 11.4 Å². The van der Waals surface area contributed by atoms with Crippen LogP contribution in [-0.2, 0) is 19.9 Å². The molecule has 0 saturated carbocycles. The molecule has 2 N–H and O–H groups in total. The Morgan fingerprint density at radius 2 is 1.68 bits per heavy atom. The first-order valence-corrected chi connectivity index (χ1v) is 10.2. The van der Waals surface area contributed by atoms with Crippen molar-refractivity contribution in [3.8, 4) is 0 Å². The van der Waals surface area contributed by atoms with Gasteiger partial charge in [-0.15, -0.1) is 0 Å². The van der Waals surface area contributed by atoms with Crippen LogP contribution in [0, 0.1) is 13.8 Å². The highest BCUT2D eigenvalue weighted by atomic mass is 32.2. The van der Waals surface area contributed by atoms with E-state index in [0.717, 1.165) is 18.5 Å². The van der Waals surface area contributed by atoms with Crippen LogP contribution in [0.2, 0.25) is 0 Å². The number of aryl methyl sites for hydroxylation is 2. The van der Waals surface area contributed by atoms with Gasteiger partial charge in [0.05, 0.1) is 0 Å². The largest absolute Gasteiger partial charge is 0.335 e. The molecule has 0 aliphatic carbocycles. The first-order chi connectivity index (χ1) is 11.5. The number of sulfonamides is 1. The Bertz CT molecular complexity index is 1010. The number of carbonyl (C=O) groups is 1. The quantitative estimate of drug-likeness (QED) is 0.768. The fraction of sp³-hybridized carbons (Fsp3) is 0.231. The average Bonchev–Trinajstić information content (AvgIpc) is 2.44. The van der Waals surface area contributed by atoms with E-state index in [4.69, 9.17) is 0 Å². The van der Waals surface area contributed by atoms with Crippen LogP contribution in [0.3, 0.4) is 0 Å². The van der Waals surface area contributed by atoms with Gasteiger partial charge in [-0.2, -0.15) is 0 Å². The van der Waals surface area contributed by atoms with E-state index in [1.165, 1.54) is 6.07 Å². The third-order valence-electron chi connectivity index (χ3n) is 2.81. The zero-order valence-corrected chi connectivity index (χ0v) is 15.1. The van der Waals surface area contributed by atoms with Gasteiger partial charge in [-0.05, 0) is 32.0 Å². The first-order valence-electron chi connectivity index (χ1n) is 6.80. The zero-order chi connectivity index (χ0) is 18.8. The van der Waals surface area contributed by atoms with Crippen molar-refractivity contribution in [1.29, 1.82) is 0 Å². The molecule has 2 aromatic heterocycles. The second-order valence-corrected chi connectivity index (χ2v) is 8.69. The number of nitrogens with one attached hydrogen (secondary N) is 2. The fourth-order valence-corrected chi connectivity index (χ4v) is 4.36. The lowest BCUT2D eigenvalue weighted by molar-refractivity contribution is 0.256. The molecule has 2 rings (SSSR count). The highest BCUT2D eigenvalue weighted by Gasteiger charge is 2.27. The van der Waals surface area contributed by atoms with Gasteiger partial charge in [0.2, 0.25) is 5.95 Å². The topological polar surface area (TPSA) is 148 Å². The van der Waals surface area contributed by atoms with Gasteiger partial charge in [0.1, 0.15) is 4.90 Å². The lowest BCUT2D eigenvalue weighted by Gasteiger charge is -2.10. The van der Waals surface area contributed by atoms with Crippen molar-refractivity contribution >= 4 is 31.8 Å². The van der Waals surface area contributed by atoms with E-state index in [0.29, 0.717) is 11.4 Å². The number of rotatable bonds is 4. The van der Waals surface area contributed by atoms with Gasteiger partial charge < -0.3 is 0 Å². The minimum absolute atomic E-state index is 0.0836. The Morgan fingerprint density at radius 3 is 2.24 bits per heavy atom. The summed E-state index contributed by atoms with van der Waals surface area (Å²) in [7, 11) is -8.38. The second kappa shape index (κ2) is 6.72. The molecule has 134 valence electrons. The summed E-state index contributed by atoms with van der Waals surface area (Å²) in [4.78, 5) is 22.8. The Balaban J connectivity index is 2.29. The molecule has 0 aliphatic heterocycles. The molecule has 0 fully saturated rings. The van der Waals surface area contributed by atoms with Crippen LogP contribution in [0.15, 0.2) is 34.3 Å². The summed E-state index contributed by atoms with van der Waals surface area (Å²) in [5.74, 6) is -0.0836. The summed E-state index contributed by atoms with van der Waals surface area (Å²) in [5.41, 5.74) is 1.16. The van der Waals surface area contributed by atoms with Gasteiger partial charge in [0, 0.05) is 23.8 Å². The molecule has 0 unspecified atom stereocenters. The Kier molecular flexibility index (Phi) is 5.04. The minimum Gasteiger partial charge on any atom is -0.275 e. The van der Waals surface area contributed by atoms with Gasteiger partial charge in [-0.1, -0.05) is 0 Å². The molecule has 0 aliphatic rings. The number of carbonyl (C=O) groups excluding carboxylic acids is 1. The summed E-state index contributed by atoms with van der Waals surface area (Å²) >= 11 is 0. The third-order valence-corrected chi connectivity index (χ3v) is 5.33. The number of urea groups is 1. The SMILES string of the molecule is Cc1cc(C)nc(NC(=O)NS(=O)(=O)c2cccnc2S(C)(=O)=O)n1. The number of pyridine rings is 1. The van der Waals surface area contributed by atoms with Crippen molar-refractivity contribution in [2.75, 3.05) is 11.6 Å². The van der Waals surface area contributed by atoms with Crippen LogP contribution < -0.4 is 10.0 Å². The molecule has 2 heterocycles. The van der Waals surface area contributed by atoms with Crippen LogP contribution in [0.25, 0.3) is 0 Å². The van der Waals surface area contributed by atoms with E-state index in [1.807, 2.05) is 0 Å². The average molecular weight is 385 g/mol. The summed E-state index contributed by atoms with van der Waals surface area (Å²) in [6.45, 7) is 3.37. The van der Waals surface area contributed by atoms with Gasteiger partial charge in [0.15, 0.2) is 14.9 Å². The van der Waals surface area contributed by atoms with Gasteiger partial charge in [0.25, 0.3) is 10.0 Å². The van der Waals surface area contributed by atoms with Gasteiger partial charge in [-0.3, -0.25) is 5.32 Å². The number of aromatic nitrogens is 3. The van der Waals surface area contributed by atoms with Crippen LogP contribution in [0.4, 0.5) is 10.7 Å². The highest BCUT2D eigenvalue weighted by Crippen LogP contribution is 2.17. The molecule has 0 spiro atoms. The number of anilines is 1. The lowest BCUT2D eigenvalue weighted by Crippen LogP contribution is -2.35. The molecular weight excluding hydrogens is 370 g/mol. The second-order valence-electron chi connectivity index (χ2n) is 5.11. The maximum absolute atomic E-state index is 12.3. The Labute approximate surface area is 144 Å². The maximum Gasteiger partial charge on any atom is 0.335 e. The van der Waals surface area contributed by atoms with Gasteiger partial charge in [-0.25, -0.2) is 41.3 Å². The number of amides is 2.